The molecule has 0 aromatic heterocycles. The van der Waals surface area contributed by atoms with Gasteiger partial charge in [0.1, 0.15) is 0 Å². The van der Waals surface area contributed by atoms with Gasteiger partial charge in [-0.15, -0.1) is 0 Å². The van der Waals surface area contributed by atoms with Gasteiger partial charge in [0.15, 0.2) is 0 Å². The van der Waals surface area contributed by atoms with Crippen LogP contribution in [0.25, 0.3) is 0 Å². The minimum Gasteiger partial charge on any atom is -0.387 e. The topological polar surface area (TPSA) is 35.8 Å². The largest absolute Gasteiger partial charge is 0.387 e. The molecule has 2 aliphatic heterocycles. The van der Waals surface area contributed by atoms with Gasteiger partial charge < -0.3 is 5.11 Å². The molecule has 3 nitrogen and oxygen atoms in total. The Balaban J connectivity index is 1.70. The first-order valence-electron chi connectivity index (χ1n) is 6.49. The van der Waals surface area contributed by atoms with Crippen molar-refractivity contribution in [3.8, 4) is 0 Å². The van der Waals surface area contributed by atoms with E-state index in [0.29, 0.717) is 6.54 Å². The SMILES string of the molecule is OC1CN(Cc2ccccc2)CC2N=CCC=C12. The molecule has 0 aliphatic carbocycles. The van der Waals surface area contributed by atoms with Gasteiger partial charge in [-0.3, -0.25) is 9.89 Å². The molecule has 2 unspecified atom stereocenters. The maximum absolute atomic E-state index is 10.2. The van der Waals surface area contributed by atoms with Crippen molar-refractivity contribution in [2.45, 2.75) is 25.1 Å². The zero-order valence-electron chi connectivity index (χ0n) is 10.4. The fourth-order valence-electron chi connectivity index (χ4n) is 2.75. The number of hydrogen-bond acceptors (Lipinski definition) is 3. The molecule has 1 N–H and O–H groups in total. The number of likely N-dealkylation sites (tertiary alicyclic amines) is 1. The van der Waals surface area contributed by atoms with Crippen molar-refractivity contribution in [1.29, 1.82) is 0 Å². The maximum Gasteiger partial charge on any atom is 0.0898 e. The van der Waals surface area contributed by atoms with E-state index in [2.05, 4.69) is 40.2 Å². The molecular weight excluding hydrogens is 224 g/mol. The number of fused-ring (bicyclic) bond motifs is 1. The van der Waals surface area contributed by atoms with Crippen LogP contribution in [0.4, 0.5) is 0 Å². The molecule has 2 atom stereocenters. The minimum atomic E-state index is -0.357. The summed E-state index contributed by atoms with van der Waals surface area (Å²) in [6.45, 7) is 2.51. The summed E-state index contributed by atoms with van der Waals surface area (Å²) in [5.41, 5.74) is 2.40. The second-order valence-electron chi connectivity index (χ2n) is 4.98. The molecule has 0 radical (unpaired) electrons. The number of nitrogens with zero attached hydrogens (tertiary/aromatic N) is 2. The Labute approximate surface area is 107 Å². The Bertz CT molecular complexity index is 467. The molecule has 0 spiro atoms. The third-order valence-corrected chi connectivity index (χ3v) is 3.63. The number of dihydropyridines is 1. The monoisotopic (exact) mass is 242 g/mol. The molecular formula is C15H18N2O. The van der Waals surface area contributed by atoms with Gasteiger partial charge in [0.25, 0.3) is 0 Å². The maximum atomic E-state index is 10.2. The molecule has 94 valence electrons. The van der Waals surface area contributed by atoms with Crippen molar-refractivity contribution in [1.82, 2.24) is 4.90 Å². The highest BCUT2D eigenvalue weighted by Crippen LogP contribution is 2.24. The van der Waals surface area contributed by atoms with Gasteiger partial charge in [0.05, 0.1) is 12.1 Å². The quantitative estimate of drug-likeness (QED) is 0.800. The van der Waals surface area contributed by atoms with Gasteiger partial charge in [0.2, 0.25) is 0 Å². The van der Waals surface area contributed by atoms with Gasteiger partial charge in [-0.05, 0) is 11.1 Å². The number of benzene rings is 1. The van der Waals surface area contributed by atoms with Crippen LogP contribution in [0.3, 0.4) is 0 Å². The highest BCUT2D eigenvalue weighted by Gasteiger charge is 2.30. The lowest BCUT2D eigenvalue weighted by atomic mass is 9.93. The van der Waals surface area contributed by atoms with E-state index in [9.17, 15) is 5.11 Å². The number of aliphatic imine (C=N–C) groups is 1. The van der Waals surface area contributed by atoms with Gasteiger partial charge >= 0.3 is 0 Å². The summed E-state index contributed by atoms with van der Waals surface area (Å²) < 4.78 is 0. The van der Waals surface area contributed by atoms with E-state index in [4.69, 9.17) is 0 Å². The predicted octanol–water partition coefficient (Wildman–Crippen LogP) is 1.63. The van der Waals surface area contributed by atoms with Crippen molar-refractivity contribution in [3.63, 3.8) is 0 Å². The first kappa shape index (κ1) is 11.6. The van der Waals surface area contributed by atoms with Crippen LogP contribution in [0.2, 0.25) is 0 Å². The number of allylic oxidation sites excluding steroid dienone is 1. The molecule has 0 bridgehead atoms. The second kappa shape index (κ2) is 5.04. The van der Waals surface area contributed by atoms with E-state index in [1.807, 2.05) is 12.3 Å². The zero-order chi connectivity index (χ0) is 12.4. The average molecular weight is 242 g/mol. The fourth-order valence-corrected chi connectivity index (χ4v) is 2.75. The standard InChI is InChI=1S/C15H18N2O/c18-15-11-17(9-12-5-2-1-3-6-12)10-14-13(15)7-4-8-16-14/h1-3,5-8,14-15,18H,4,9-11H2. The van der Waals surface area contributed by atoms with Gasteiger partial charge in [0, 0.05) is 32.3 Å². The number of rotatable bonds is 2. The normalized spacial score (nSPS) is 27.7. The third kappa shape index (κ3) is 2.37. The smallest absolute Gasteiger partial charge is 0.0898 e. The molecule has 3 heteroatoms. The van der Waals surface area contributed by atoms with Gasteiger partial charge in [-0.1, -0.05) is 36.4 Å². The van der Waals surface area contributed by atoms with Crippen LogP contribution in [-0.2, 0) is 6.54 Å². The summed E-state index contributed by atoms with van der Waals surface area (Å²) in [4.78, 5) is 6.78. The van der Waals surface area contributed by atoms with Crippen LogP contribution in [0.5, 0.6) is 0 Å². The minimum absolute atomic E-state index is 0.159. The molecule has 1 aromatic carbocycles. The molecule has 1 aromatic rings. The Morgan fingerprint density at radius 3 is 2.89 bits per heavy atom. The van der Waals surface area contributed by atoms with E-state index in [-0.39, 0.29) is 12.1 Å². The average Bonchev–Trinajstić information content (AvgIpc) is 2.40. The summed E-state index contributed by atoms with van der Waals surface area (Å²) in [6.07, 6.45) is 4.58. The van der Waals surface area contributed by atoms with E-state index in [1.54, 1.807) is 0 Å². The Kier molecular flexibility index (Phi) is 3.26. The van der Waals surface area contributed by atoms with Crippen molar-refractivity contribution in [3.05, 3.63) is 47.5 Å². The third-order valence-electron chi connectivity index (χ3n) is 3.63. The number of piperidine rings is 1. The van der Waals surface area contributed by atoms with Gasteiger partial charge in [-0.2, -0.15) is 0 Å². The highest BCUT2D eigenvalue weighted by molar-refractivity contribution is 5.63. The summed E-state index contributed by atoms with van der Waals surface area (Å²) >= 11 is 0. The number of aliphatic hydroxyl groups is 1. The van der Waals surface area contributed by atoms with Crippen LogP contribution in [-0.4, -0.2) is 41.5 Å². The van der Waals surface area contributed by atoms with Crippen molar-refractivity contribution in [2.24, 2.45) is 4.99 Å². The van der Waals surface area contributed by atoms with Crippen LogP contribution in [0.15, 0.2) is 47.0 Å². The Morgan fingerprint density at radius 1 is 1.22 bits per heavy atom. The van der Waals surface area contributed by atoms with E-state index >= 15 is 0 Å². The molecule has 0 amide bonds. The highest BCUT2D eigenvalue weighted by atomic mass is 16.3. The molecule has 1 fully saturated rings. The fraction of sp³-hybridized carbons (Fsp3) is 0.400. The molecule has 0 saturated carbocycles. The predicted molar refractivity (Wildman–Crippen MR) is 72.7 cm³/mol. The number of hydrogen-bond donors (Lipinski definition) is 1. The van der Waals surface area contributed by atoms with E-state index < -0.39 is 0 Å². The first-order valence-corrected chi connectivity index (χ1v) is 6.49. The zero-order valence-corrected chi connectivity index (χ0v) is 10.4. The first-order chi connectivity index (χ1) is 8.83. The molecule has 3 rings (SSSR count). The summed E-state index contributed by atoms with van der Waals surface area (Å²) in [5, 5.41) is 10.2. The van der Waals surface area contributed by atoms with Crippen LogP contribution >= 0.6 is 0 Å². The molecule has 1 saturated heterocycles. The number of β-amino-alcohol motifs (C(OH)–C–C–N with tert-alkyl or cyclic N) is 1. The van der Waals surface area contributed by atoms with Crippen molar-refractivity contribution >= 4 is 6.21 Å². The van der Waals surface area contributed by atoms with Gasteiger partial charge in [-0.25, -0.2) is 0 Å². The number of aliphatic hydroxyl groups excluding tert-OH is 1. The van der Waals surface area contributed by atoms with Crippen LogP contribution in [0, 0.1) is 0 Å². The van der Waals surface area contributed by atoms with E-state index in [0.717, 1.165) is 25.1 Å². The summed E-state index contributed by atoms with van der Waals surface area (Å²) in [5.74, 6) is 0. The van der Waals surface area contributed by atoms with Crippen LogP contribution < -0.4 is 0 Å². The molecule has 2 aliphatic rings. The van der Waals surface area contributed by atoms with Crippen molar-refractivity contribution < 1.29 is 5.11 Å². The lowest BCUT2D eigenvalue weighted by Gasteiger charge is -2.37. The van der Waals surface area contributed by atoms with Crippen molar-refractivity contribution in [2.75, 3.05) is 13.1 Å². The van der Waals surface area contributed by atoms with Crippen LogP contribution in [0.1, 0.15) is 12.0 Å². The molecule has 2 heterocycles. The summed E-state index contributed by atoms with van der Waals surface area (Å²) in [7, 11) is 0. The lowest BCUT2D eigenvalue weighted by Crippen LogP contribution is -2.47. The lowest BCUT2D eigenvalue weighted by molar-refractivity contribution is 0.0984. The second-order valence-corrected chi connectivity index (χ2v) is 4.98. The Hall–Kier alpha value is -1.45. The molecule has 18 heavy (non-hydrogen) atoms. The summed E-state index contributed by atoms with van der Waals surface area (Å²) in [6, 6.07) is 10.6. The Morgan fingerprint density at radius 2 is 2.06 bits per heavy atom. The van der Waals surface area contributed by atoms with E-state index in [1.165, 1.54) is 5.56 Å².